The second kappa shape index (κ2) is 6.23. The van der Waals surface area contributed by atoms with Crippen molar-refractivity contribution in [2.75, 3.05) is 23.3 Å². The second-order valence-corrected chi connectivity index (χ2v) is 5.68. The summed E-state index contributed by atoms with van der Waals surface area (Å²) in [6, 6.07) is 8.04. The first-order valence-electron chi connectivity index (χ1n) is 6.51. The lowest BCUT2D eigenvalue weighted by atomic mass is 10.2. The van der Waals surface area contributed by atoms with Crippen LogP contribution in [0.4, 0.5) is 11.4 Å². The number of hydrogen-bond acceptors (Lipinski definition) is 2. The molecule has 1 heterocycles. The van der Waals surface area contributed by atoms with E-state index in [9.17, 15) is 4.79 Å². The van der Waals surface area contributed by atoms with Crippen molar-refractivity contribution >= 4 is 33.2 Å². The van der Waals surface area contributed by atoms with E-state index in [2.05, 4.69) is 32.2 Å². The quantitative estimate of drug-likeness (QED) is 0.864. The summed E-state index contributed by atoms with van der Waals surface area (Å²) in [4.78, 5) is 14.2. The largest absolute Gasteiger partial charge is 0.370 e. The fourth-order valence-corrected chi connectivity index (χ4v) is 2.32. The number of rotatable bonds is 4. The third-order valence-electron chi connectivity index (χ3n) is 3.25. The zero-order valence-corrected chi connectivity index (χ0v) is 12.2. The molecule has 0 spiro atoms. The van der Waals surface area contributed by atoms with Gasteiger partial charge < -0.3 is 10.2 Å². The standard InChI is InChI=1S/C14H19BrN2O/c1-2-11(15)14(18)16-12-7-3-4-8-13(12)17-9-5-6-10-17/h3-4,7-8,11H,2,5-6,9-10H2,1H3,(H,16,18). The number of benzene rings is 1. The van der Waals surface area contributed by atoms with Gasteiger partial charge >= 0.3 is 0 Å². The molecule has 1 fully saturated rings. The maximum atomic E-state index is 11.9. The van der Waals surface area contributed by atoms with Crippen LogP contribution < -0.4 is 10.2 Å². The third kappa shape index (κ3) is 3.05. The average Bonchev–Trinajstić information content (AvgIpc) is 2.92. The van der Waals surface area contributed by atoms with Crippen LogP contribution in [0.25, 0.3) is 0 Å². The number of para-hydroxylation sites is 2. The Kier molecular flexibility index (Phi) is 4.64. The molecule has 4 heteroatoms. The lowest BCUT2D eigenvalue weighted by molar-refractivity contribution is -0.115. The van der Waals surface area contributed by atoms with E-state index in [4.69, 9.17) is 0 Å². The lowest BCUT2D eigenvalue weighted by Crippen LogP contribution is -2.25. The summed E-state index contributed by atoms with van der Waals surface area (Å²) in [7, 11) is 0. The van der Waals surface area contributed by atoms with Crippen LogP contribution in [-0.4, -0.2) is 23.8 Å². The van der Waals surface area contributed by atoms with Gasteiger partial charge in [-0.2, -0.15) is 0 Å². The van der Waals surface area contributed by atoms with E-state index in [0.717, 1.165) is 30.9 Å². The van der Waals surface area contributed by atoms with Gasteiger partial charge in [-0.1, -0.05) is 35.0 Å². The molecular formula is C14H19BrN2O. The Morgan fingerprint density at radius 1 is 1.39 bits per heavy atom. The predicted molar refractivity (Wildman–Crippen MR) is 79.5 cm³/mol. The molecule has 1 N–H and O–H groups in total. The van der Waals surface area contributed by atoms with Gasteiger partial charge in [0.2, 0.25) is 5.91 Å². The topological polar surface area (TPSA) is 32.3 Å². The van der Waals surface area contributed by atoms with Gasteiger partial charge in [-0.05, 0) is 31.4 Å². The fraction of sp³-hybridized carbons (Fsp3) is 0.500. The molecule has 18 heavy (non-hydrogen) atoms. The van der Waals surface area contributed by atoms with Gasteiger partial charge in [-0.25, -0.2) is 0 Å². The van der Waals surface area contributed by atoms with Crippen LogP contribution in [0.15, 0.2) is 24.3 Å². The summed E-state index contributed by atoms with van der Waals surface area (Å²) in [5.41, 5.74) is 2.06. The number of carbonyl (C=O) groups is 1. The number of halogens is 1. The van der Waals surface area contributed by atoms with E-state index >= 15 is 0 Å². The number of amides is 1. The molecule has 0 saturated carbocycles. The zero-order valence-electron chi connectivity index (χ0n) is 10.7. The maximum Gasteiger partial charge on any atom is 0.238 e. The SMILES string of the molecule is CCC(Br)C(=O)Nc1ccccc1N1CCCC1. The van der Waals surface area contributed by atoms with Crippen LogP contribution in [0.5, 0.6) is 0 Å². The van der Waals surface area contributed by atoms with E-state index in [-0.39, 0.29) is 10.7 Å². The molecule has 1 saturated heterocycles. The van der Waals surface area contributed by atoms with Crippen molar-refractivity contribution in [1.82, 2.24) is 0 Å². The van der Waals surface area contributed by atoms with Crippen LogP contribution in [0.3, 0.4) is 0 Å². The summed E-state index contributed by atoms with van der Waals surface area (Å²) in [6.45, 7) is 4.15. The minimum absolute atomic E-state index is 0.0316. The molecule has 1 amide bonds. The molecule has 1 aromatic rings. The first-order valence-corrected chi connectivity index (χ1v) is 7.43. The van der Waals surface area contributed by atoms with Gasteiger partial charge in [0.25, 0.3) is 0 Å². The van der Waals surface area contributed by atoms with E-state index in [1.54, 1.807) is 0 Å². The lowest BCUT2D eigenvalue weighted by Gasteiger charge is -2.22. The van der Waals surface area contributed by atoms with Crippen LogP contribution in [0.1, 0.15) is 26.2 Å². The van der Waals surface area contributed by atoms with E-state index in [0.29, 0.717) is 0 Å². The van der Waals surface area contributed by atoms with E-state index in [1.165, 1.54) is 12.8 Å². The van der Waals surface area contributed by atoms with Crippen LogP contribution in [0.2, 0.25) is 0 Å². The Morgan fingerprint density at radius 2 is 2.06 bits per heavy atom. The summed E-state index contributed by atoms with van der Waals surface area (Å²) in [6.07, 6.45) is 3.26. The van der Waals surface area contributed by atoms with Gasteiger partial charge in [0.05, 0.1) is 16.2 Å². The highest BCUT2D eigenvalue weighted by molar-refractivity contribution is 9.10. The maximum absolute atomic E-state index is 11.9. The number of nitrogens with one attached hydrogen (secondary N) is 1. The minimum atomic E-state index is -0.121. The molecule has 0 bridgehead atoms. The molecule has 0 aromatic heterocycles. The Morgan fingerprint density at radius 3 is 2.72 bits per heavy atom. The van der Waals surface area contributed by atoms with E-state index < -0.39 is 0 Å². The predicted octanol–water partition coefficient (Wildman–Crippen LogP) is 3.40. The number of anilines is 2. The van der Waals surface area contributed by atoms with Gasteiger partial charge in [0, 0.05) is 13.1 Å². The Labute approximate surface area is 117 Å². The third-order valence-corrected chi connectivity index (χ3v) is 4.31. The fourth-order valence-electron chi connectivity index (χ4n) is 2.21. The van der Waals surface area contributed by atoms with Gasteiger partial charge in [-0.3, -0.25) is 4.79 Å². The monoisotopic (exact) mass is 310 g/mol. The van der Waals surface area contributed by atoms with Gasteiger partial charge in [-0.15, -0.1) is 0 Å². The number of nitrogens with zero attached hydrogens (tertiary/aromatic N) is 1. The van der Waals surface area contributed by atoms with Crippen molar-refractivity contribution in [2.45, 2.75) is 31.0 Å². The van der Waals surface area contributed by atoms with Crippen molar-refractivity contribution in [3.05, 3.63) is 24.3 Å². The van der Waals surface area contributed by atoms with Crippen molar-refractivity contribution in [2.24, 2.45) is 0 Å². The second-order valence-electron chi connectivity index (χ2n) is 4.58. The number of carbonyl (C=O) groups excluding carboxylic acids is 1. The summed E-state index contributed by atoms with van der Waals surface area (Å²) >= 11 is 3.38. The van der Waals surface area contributed by atoms with Crippen molar-refractivity contribution in [3.8, 4) is 0 Å². The Hall–Kier alpha value is -1.03. The summed E-state index contributed by atoms with van der Waals surface area (Å²) in [5, 5.41) is 3.01. The van der Waals surface area contributed by atoms with Gasteiger partial charge in [0.1, 0.15) is 0 Å². The molecule has 0 aliphatic carbocycles. The normalized spacial score (nSPS) is 16.7. The molecule has 1 aliphatic heterocycles. The number of alkyl halides is 1. The zero-order chi connectivity index (χ0) is 13.0. The van der Waals surface area contributed by atoms with Crippen molar-refractivity contribution in [1.29, 1.82) is 0 Å². The summed E-state index contributed by atoms with van der Waals surface area (Å²) in [5.74, 6) is 0.0316. The minimum Gasteiger partial charge on any atom is -0.370 e. The van der Waals surface area contributed by atoms with Gasteiger partial charge in [0.15, 0.2) is 0 Å². The van der Waals surface area contributed by atoms with Crippen molar-refractivity contribution in [3.63, 3.8) is 0 Å². The van der Waals surface area contributed by atoms with Crippen molar-refractivity contribution < 1.29 is 4.79 Å². The highest BCUT2D eigenvalue weighted by atomic mass is 79.9. The first kappa shape index (κ1) is 13.4. The molecule has 1 atom stereocenters. The first-order chi connectivity index (χ1) is 8.72. The Bertz CT molecular complexity index is 416. The molecule has 98 valence electrons. The molecular weight excluding hydrogens is 292 g/mol. The van der Waals surface area contributed by atoms with Crippen LogP contribution in [0, 0.1) is 0 Å². The average molecular weight is 311 g/mol. The summed E-state index contributed by atoms with van der Waals surface area (Å²) < 4.78 is 0. The highest BCUT2D eigenvalue weighted by Crippen LogP contribution is 2.29. The smallest absolute Gasteiger partial charge is 0.238 e. The number of hydrogen-bond donors (Lipinski definition) is 1. The molecule has 2 rings (SSSR count). The molecule has 3 nitrogen and oxygen atoms in total. The Balaban J connectivity index is 2.14. The molecule has 0 radical (unpaired) electrons. The molecule has 1 aromatic carbocycles. The van der Waals surface area contributed by atoms with E-state index in [1.807, 2.05) is 25.1 Å². The highest BCUT2D eigenvalue weighted by Gasteiger charge is 2.18. The van der Waals surface area contributed by atoms with Crippen LogP contribution in [-0.2, 0) is 4.79 Å². The molecule has 1 unspecified atom stereocenters. The van der Waals surface area contributed by atoms with Crippen LogP contribution >= 0.6 is 15.9 Å². The molecule has 1 aliphatic rings.